The largest absolute Gasteiger partial charge is 0.462 e. The number of carbonyl (C=O) groups excluding carboxylic acids is 1. The van der Waals surface area contributed by atoms with Gasteiger partial charge in [-0.3, -0.25) is 9.80 Å². The van der Waals surface area contributed by atoms with Crippen LogP contribution in [0.1, 0.15) is 118 Å². The smallest absolute Gasteiger partial charge is 0.306 e. The number of hydrogen-bond donors (Lipinski definition) is 2. The molecule has 4 unspecified atom stereocenters. The summed E-state index contributed by atoms with van der Waals surface area (Å²) in [5, 5.41) is 4.83. The summed E-state index contributed by atoms with van der Waals surface area (Å²) in [5.41, 5.74) is 3.46. The Morgan fingerprint density at radius 2 is 1.95 bits per heavy atom. The van der Waals surface area contributed by atoms with Crippen molar-refractivity contribution >= 4 is 5.97 Å². The fraction of sp³-hybridized carbons (Fsp3) is 0.848. The molecule has 5 aliphatic rings. The van der Waals surface area contributed by atoms with Crippen LogP contribution in [0.2, 0.25) is 0 Å². The van der Waals surface area contributed by atoms with E-state index in [1.54, 1.807) is 10.6 Å². The first-order chi connectivity index (χ1) is 18.1. The molecule has 214 valence electrons. The van der Waals surface area contributed by atoms with Crippen molar-refractivity contribution in [1.82, 2.24) is 10.3 Å². The molecule has 0 saturated heterocycles. The lowest BCUT2D eigenvalue weighted by atomic mass is 9.47. The maximum Gasteiger partial charge on any atom is 0.306 e. The van der Waals surface area contributed by atoms with Gasteiger partial charge in [0.05, 0.1) is 6.42 Å². The molecule has 3 saturated carbocycles. The number of nitrogens with one attached hydrogen (secondary N) is 1. The van der Waals surface area contributed by atoms with E-state index in [0.717, 1.165) is 54.0 Å². The highest BCUT2D eigenvalue weighted by atomic mass is 16.5. The van der Waals surface area contributed by atoms with Gasteiger partial charge < -0.3 is 10.1 Å². The zero-order valence-electron chi connectivity index (χ0n) is 24.9. The minimum absolute atomic E-state index is 0.0475. The van der Waals surface area contributed by atoms with Gasteiger partial charge in [0, 0.05) is 18.3 Å². The highest BCUT2D eigenvalue weighted by molar-refractivity contribution is 5.70. The number of allylic oxidation sites excluding steroid dienone is 2. The minimum atomic E-state index is -0.0704. The standard InChI is InChI=1S/C33H55N3O2/c1-22(2)7-6-8-23(3)28-12-13-29-27-11-9-24-19-26(38-31(37)14-10-25-20-36(34)21-35-25)15-17-32(24,4)30(27)16-18-33(28,29)5/h9,20,22-23,26-30,35H,6-8,10-19,21,34H2,1-5H3/t23?,26-,27?,28+,29?,30?,32-,33+/m0/s1. The molecular weight excluding hydrogens is 470 g/mol. The number of nitrogens with two attached hydrogens (primary N) is 1. The molecule has 3 N–H and O–H groups in total. The third-order valence-corrected chi connectivity index (χ3v) is 12.0. The van der Waals surface area contributed by atoms with Crippen LogP contribution in [0.3, 0.4) is 0 Å². The average molecular weight is 526 g/mol. The van der Waals surface area contributed by atoms with E-state index in [2.05, 4.69) is 46.0 Å². The SMILES string of the molecule is CC(C)CCCC(C)[C@H]1CCC2C3CC=C4C[C@@H](OC(=O)CCC5=CN(N)CN5)CC[C@]4(C)C3CC[C@@]21C. The van der Waals surface area contributed by atoms with Crippen molar-refractivity contribution in [2.75, 3.05) is 6.67 Å². The maximum atomic E-state index is 12.6. The first kappa shape index (κ1) is 28.1. The molecule has 0 aromatic rings. The van der Waals surface area contributed by atoms with E-state index in [9.17, 15) is 4.79 Å². The second-order valence-electron chi connectivity index (χ2n) is 14.6. The summed E-state index contributed by atoms with van der Waals surface area (Å²) in [4.78, 5) is 12.6. The second kappa shape index (κ2) is 11.2. The van der Waals surface area contributed by atoms with Crippen molar-refractivity contribution in [3.05, 3.63) is 23.5 Å². The molecule has 0 bridgehead atoms. The van der Waals surface area contributed by atoms with E-state index < -0.39 is 0 Å². The van der Waals surface area contributed by atoms with E-state index in [0.29, 0.717) is 30.3 Å². The van der Waals surface area contributed by atoms with Crippen molar-refractivity contribution in [1.29, 1.82) is 0 Å². The summed E-state index contributed by atoms with van der Waals surface area (Å²) in [7, 11) is 0. The van der Waals surface area contributed by atoms with E-state index >= 15 is 0 Å². The number of carbonyl (C=O) groups is 1. The van der Waals surface area contributed by atoms with Gasteiger partial charge in [-0.05, 0) is 97.7 Å². The summed E-state index contributed by atoms with van der Waals surface area (Å²) in [6.07, 6.45) is 19.9. The predicted molar refractivity (Wildman–Crippen MR) is 154 cm³/mol. The fourth-order valence-corrected chi connectivity index (χ4v) is 9.87. The molecule has 0 spiro atoms. The second-order valence-corrected chi connectivity index (χ2v) is 14.6. The topological polar surface area (TPSA) is 67.6 Å². The number of esters is 1. The van der Waals surface area contributed by atoms with Crippen LogP contribution in [-0.2, 0) is 9.53 Å². The normalized spacial score (nSPS) is 39.0. The van der Waals surface area contributed by atoms with Crippen molar-refractivity contribution in [2.24, 2.45) is 52.2 Å². The molecule has 8 atom stereocenters. The molecular formula is C33H55N3O2. The minimum Gasteiger partial charge on any atom is -0.462 e. The van der Waals surface area contributed by atoms with Crippen molar-refractivity contribution in [3.8, 4) is 0 Å². The molecule has 4 aliphatic carbocycles. The number of nitrogens with zero attached hydrogens (tertiary/aromatic N) is 1. The lowest BCUT2D eigenvalue weighted by Gasteiger charge is -2.58. The number of hydrogen-bond acceptors (Lipinski definition) is 5. The molecule has 5 nitrogen and oxygen atoms in total. The number of fused-ring (bicyclic) bond motifs is 5. The number of hydrazine groups is 1. The molecule has 1 aliphatic heterocycles. The molecule has 0 amide bonds. The van der Waals surface area contributed by atoms with Crippen molar-refractivity contribution in [2.45, 2.75) is 124 Å². The van der Waals surface area contributed by atoms with E-state index in [-0.39, 0.29) is 12.1 Å². The van der Waals surface area contributed by atoms with E-state index in [1.165, 1.54) is 57.8 Å². The van der Waals surface area contributed by atoms with Crippen LogP contribution in [0.4, 0.5) is 0 Å². The number of ether oxygens (including phenoxy) is 1. The lowest BCUT2D eigenvalue weighted by Crippen LogP contribution is -2.51. The molecule has 38 heavy (non-hydrogen) atoms. The first-order valence-corrected chi connectivity index (χ1v) is 15.9. The van der Waals surface area contributed by atoms with Gasteiger partial charge in [-0.15, -0.1) is 0 Å². The molecule has 0 radical (unpaired) electrons. The zero-order chi connectivity index (χ0) is 27.1. The van der Waals surface area contributed by atoms with Gasteiger partial charge in [-0.1, -0.05) is 65.5 Å². The van der Waals surface area contributed by atoms with Crippen LogP contribution in [-0.4, -0.2) is 23.8 Å². The van der Waals surface area contributed by atoms with Gasteiger partial charge in [0.1, 0.15) is 12.8 Å². The molecule has 5 rings (SSSR count). The highest BCUT2D eigenvalue weighted by Gasteiger charge is 2.59. The lowest BCUT2D eigenvalue weighted by molar-refractivity contribution is -0.151. The van der Waals surface area contributed by atoms with Gasteiger partial charge in [0.2, 0.25) is 0 Å². The Morgan fingerprint density at radius 1 is 1.13 bits per heavy atom. The van der Waals surface area contributed by atoms with Gasteiger partial charge in [0.15, 0.2) is 0 Å². The Labute approximate surface area is 232 Å². The van der Waals surface area contributed by atoms with Gasteiger partial charge in [0.25, 0.3) is 0 Å². The van der Waals surface area contributed by atoms with Crippen LogP contribution in [0, 0.1) is 46.3 Å². The quantitative estimate of drug-likeness (QED) is 0.188. The predicted octanol–water partition coefficient (Wildman–Crippen LogP) is 7.30. The maximum absolute atomic E-state index is 12.6. The molecule has 0 aromatic heterocycles. The Morgan fingerprint density at radius 3 is 2.68 bits per heavy atom. The van der Waals surface area contributed by atoms with Crippen LogP contribution >= 0.6 is 0 Å². The monoisotopic (exact) mass is 525 g/mol. The van der Waals surface area contributed by atoms with E-state index in [1.807, 2.05) is 6.20 Å². The Balaban J connectivity index is 1.18. The zero-order valence-corrected chi connectivity index (χ0v) is 24.9. The first-order valence-electron chi connectivity index (χ1n) is 15.9. The molecule has 5 heteroatoms. The molecule has 0 aromatic carbocycles. The fourth-order valence-electron chi connectivity index (χ4n) is 9.87. The van der Waals surface area contributed by atoms with Crippen LogP contribution in [0.15, 0.2) is 23.5 Å². The summed E-state index contributed by atoms with van der Waals surface area (Å²) < 4.78 is 6.00. The Kier molecular flexibility index (Phi) is 8.25. The molecule has 1 heterocycles. The average Bonchev–Trinajstić information content (AvgIpc) is 3.45. The Hall–Kier alpha value is -1.49. The van der Waals surface area contributed by atoms with E-state index in [4.69, 9.17) is 10.6 Å². The molecule has 3 fully saturated rings. The van der Waals surface area contributed by atoms with Crippen molar-refractivity contribution in [3.63, 3.8) is 0 Å². The van der Waals surface area contributed by atoms with Crippen LogP contribution in [0.5, 0.6) is 0 Å². The third-order valence-electron chi connectivity index (χ3n) is 12.0. The summed E-state index contributed by atoms with van der Waals surface area (Å²) in [6, 6.07) is 0. The van der Waals surface area contributed by atoms with Crippen LogP contribution < -0.4 is 11.2 Å². The third kappa shape index (κ3) is 5.43. The summed E-state index contributed by atoms with van der Waals surface area (Å²) >= 11 is 0. The highest BCUT2D eigenvalue weighted by Crippen LogP contribution is 2.67. The summed E-state index contributed by atoms with van der Waals surface area (Å²) in [5.74, 6) is 10.9. The van der Waals surface area contributed by atoms with Crippen molar-refractivity contribution < 1.29 is 9.53 Å². The van der Waals surface area contributed by atoms with Gasteiger partial charge in [-0.25, -0.2) is 5.84 Å². The Bertz CT molecular complexity index is 927. The van der Waals surface area contributed by atoms with Gasteiger partial charge >= 0.3 is 5.97 Å². The number of rotatable bonds is 9. The van der Waals surface area contributed by atoms with Crippen LogP contribution in [0.25, 0.3) is 0 Å². The summed E-state index contributed by atoms with van der Waals surface area (Å²) in [6.45, 7) is 13.2. The van der Waals surface area contributed by atoms with Gasteiger partial charge in [-0.2, -0.15) is 0 Å².